The number of Topliss-reactive ketones (excluding diaryl/α,β-unsaturated/α-hetero) is 1. The molecule has 1 rings (SSSR count). The standard InChI is InChI=1S/C13H22F2O2/c1-12(2,3)11(10(17)8-16)9-4-6-13(14,15)7-5-9/h9,11,16H,4-8H2,1-3H3/t11-/m1/s1. The number of carbonyl (C=O) groups is 1. The third-order valence-electron chi connectivity index (χ3n) is 3.67. The number of hydrogen-bond donors (Lipinski definition) is 1. The van der Waals surface area contributed by atoms with E-state index in [4.69, 9.17) is 5.11 Å². The molecule has 0 aliphatic heterocycles. The van der Waals surface area contributed by atoms with Gasteiger partial charge in [0.15, 0.2) is 5.78 Å². The normalized spacial score (nSPS) is 23.4. The highest BCUT2D eigenvalue weighted by Gasteiger charge is 2.43. The maximum absolute atomic E-state index is 13.1. The predicted octanol–water partition coefficient (Wildman–Crippen LogP) is 3.04. The van der Waals surface area contributed by atoms with Crippen LogP contribution < -0.4 is 0 Å². The summed E-state index contributed by atoms with van der Waals surface area (Å²) in [6.45, 7) is 5.29. The van der Waals surface area contributed by atoms with Gasteiger partial charge in [-0.1, -0.05) is 20.8 Å². The molecule has 2 nitrogen and oxygen atoms in total. The number of alkyl halides is 2. The molecule has 0 amide bonds. The van der Waals surface area contributed by atoms with Crippen LogP contribution in [0.3, 0.4) is 0 Å². The molecule has 100 valence electrons. The molecule has 1 atom stereocenters. The van der Waals surface area contributed by atoms with Crippen molar-refractivity contribution in [1.82, 2.24) is 0 Å². The van der Waals surface area contributed by atoms with Crippen LogP contribution in [0, 0.1) is 17.3 Å². The van der Waals surface area contributed by atoms with Gasteiger partial charge in [0.05, 0.1) is 0 Å². The molecule has 0 aromatic rings. The number of hydrogen-bond acceptors (Lipinski definition) is 2. The van der Waals surface area contributed by atoms with Crippen molar-refractivity contribution in [2.24, 2.45) is 17.3 Å². The first-order valence-corrected chi connectivity index (χ1v) is 6.19. The van der Waals surface area contributed by atoms with Crippen LogP contribution in [0.4, 0.5) is 8.78 Å². The Morgan fingerprint density at radius 1 is 1.35 bits per heavy atom. The SMILES string of the molecule is CC(C)(C)[C@@H](C(=O)CO)C1CCC(F)(F)CC1. The molecule has 17 heavy (non-hydrogen) atoms. The monoisotopic (exact) mass is 248 g/mol. The van der Waals surface area contributed by atoms with Crippen LogP contribution in [0.2, 0.25) is 0 Å². The summed E-state index contributed by atoms with van der Waals surface area (Å²) in [4.78, 5) is 11.8. The van der Waals surface area contributed by atoms with Gasteiger partial charge in [0.1, 0.15) is 6.61 Å². The molecule has 1 aliphatic carbocycles. The molecule has 0 aromatic heterocycles. The van der Waals surface area contributed by atoms with E-state index < -0.39 is 12.5 Å². The molecule has 0 bridgehead atoms. The lowest BCUT2D eigenvalue weighted by molar-refractivity contribution is -0.134. The van der Waals surface area contributed by atoms with Gasteiger partial charge >= 0.3 is 0 Å². The fraction of sp³-hybridized carbons (Fsp3) is 0.923. The lowest BCUT2D eigenvalue weighted by Crippen LogP contribution is -2.40. The van der Waals surface area contributed by atoms with Crippen molar-refractivity contribution in [1.29, 1.82) is 0 Å². The minimum atomic E-state index is -2.57. The summed E-state index contributed by atoms with van der Waals surface area (Å²) in [5.41, 5.74) is -0.281. The zero-order valence-corrected chi connectivity index (χ0v) is 10.8. The number of aliphatic hydroxyl groups excluding tert-OH is 1. The molecular formula is C13H22F2O2. The van der Waals surface area contributed by atoms with E-state index >= 15 is 0 Å². The summed E-state index contributed by atoms with van der Waals surface area (Å²) < 4.78 is 26.2. The first-order valence-electron chi connectivity index (χ1n) is 6.19. The van der Waals surface area contributed by atoms with Crippen molar-refractivity contribution in [3.63, 3.8) is 0 Å². The molecule has 4 heteroatoms. The molecular weight excluding hydrogens is 226 g/mol. The highest BCUT2D eigenvalue weighted by Crippen LogP contribution is 2.44. The van der Waals surface area contributed by atoms with E-state index in [1.807, 2.05) is 20.8 Å². The minimum Gasteiger partial charge on any atom is -0.389 e. The number of halogens is 2. The summed E-state index contributed by atoms with van der Waals surface area (Å²) in [7, 11) is 0. The van der Waals surface area contributed by atoms with E-state index in [0.717, 1.165) is 0 Å². The van der Waals surface area contributed by atoms with E-state index in [9.17, 15) is 13.6 Å². The van der Waals surface area contributed by atoms with Gasteiger partial charge in [-0.3, -0.25) is 4.79 Å². The molecule has 1 N–H and O–H groups in total. The molecule has 0 spiro atoms. The van der Waals surface area contributed by atoms with E-state index in [-0.39, 0.29) is 35.9 Å². The van der Waals surface area contributed by atoms with Gasteiger partial charge in [0, 0.05) is 18.8 Å². The fourth-order valence-electron chi connectivity index (χ4n) is 2.95. The molecule has 0 heterocycles. The Kier molecular flexibility index (Phi) is 4.28. The van der Waals surface area contributed by atoms with Crippen molar-refractivity contribution < 1.29 is 18.7 Å². The van der Waals surface area contributed by atoms with Crippen molar-refractivity contribution in [3.05, 3.63) is 0 Å². The Balaban J connectivity index is 2.77. The summed E-state index contributed by atoms with van der Waals surface area (Å²) >= 11 is 0. The third kappa shape index (κ3) is 3.73. The van der Waals surface area contributed by atoms with Crippen LogP contribution >= 0.6 is 0 Å². The quantitative estimate of drug-likeness (QED) is 0.833. The Bertz CT molecular complexity index is 272. The van der Waals surface area contributed by atoms with Gasteiger partial charge in [-0.05, 0) is 24.2 Å². The first kappa shape index (κ1) is 14.6. The Hall–Kier alpha value is -0.510. The average Bonchev–Trinajstić information content (AvgIpc) is 2.18. The van der Waals surface area contributed by atoms with Gasteiger partial charge in [-0.2, -0.15) is 0 Å². The van der Waals surface area contributed by atoms with Crippen LogP contribution in [0.5, 0.6) is 0 Å². The van der Waals surface area contributed by atoms with Gasteiger partial charge in [-0.25, -0.2) is 8.78 Å². The summed E-state index contributed by atoms with van der Waals surface area (Å²) in [5.74, 6) is -3.12. The van der Waals surface area contributed by atoms with E-state index in [1.165, 1.54) is 0 Å². The number of carbonyl (C=O) groups excluding carboxylic acids is 1. The average molecular weight is 248 g/mol. The van der Waals surface area contributed by atoms with Crippen LogP contribution in [0.25, 0.3) is 0 Å². The minimum absolute atomic E-state index is 0.0192. The van der Waals surface area contributed by atoms with Crippen LogP contribution in [0.1, 0.15) is 46.5 Å². The fourth-order valence-corrected chi connectivity index (χ4v) is 2.95. The molecule has 0 saturated heterocycles. The van der Waals surface area contributed by atoms with Crippen LogP contribution in [-0.4, -0.2) is 23.4 Å². The summed E-state index contributed by atoms with van der Waals surface area (Å²) in [6, 6.07) is 0. The van der Waals surface area contributed by atoms with Crippen molar-refractivity contribution >= 4 is 5.78 Å². The zero-order valence-electron chi connectivity index (χ0n) is 10.8. The van der Waals surface area contributed by atoms with Gasteiger partial charge < -0.3 is 5.11 Å². The Morgan fingerprint density at radius 2 is 1.82 bits per heavy atom. The van der Waals surface area contributed by atoms with E-state index in [2.05, 4.69) is 0 Å². The third-order valence-corrected chi connectivity index (χ3v) is 3.67. The largest absolute Gasteiger partial charge is 0.389 e. The second-order valence-electron chi connectivity index (χ2n) is 6.16. The number of ketones is 1. The molecule has 0 aromatic carbocycles. The molecule has 0 radical (unpaired) electrons. The highest BCUT2D eigenvalue weighted by atomic mass is 19.3. The zero-order chi connectivity index (χ0) is 13.3. The first-order chi connectivity index (χ1) is 7.67. The van der Waals surface area contributed by atoms with Crippen molar-refractivity contribution in [2.45, 2.75) is 52.4 Å². The summed E-state index contributed by atoms with van der Waals surface area (Å²) in [6.07, 6.45) is 0.479. The van der Waals surface area contributed by atoms with Gasteiger partial charge in [0.25, 0.3) is 0 Å². The van der Waals surface area contributed by atoms with E-state index in [1.54, 1.807) is 0 Å². The number of rotatable bonds is 3. The smallest absolute Gasteiger partial charge is 0.248 e. The van der Waals surface area contributed by atoms with Gasteiger partial charge in [-0.15, -0.1) is 0 Å². The van der Waals surface area contributed by atoms with Crippen LogP contribution in [-0.2, 0) is 4.79 Å². The topological polar surface area (TPSA) is 37.3 Å². The maximum atomic E-state index is 13.1. The lowest BCUT2D eigenvalue weighted by atomic mass is 9.66. The van der Waals surface area contributed by atoms with Crippen molar-refractivity contribution in [3.8, 4) is 0 Å². The summed E-state index contributed by atoms with van der Waals surface area (Å²) in [5, 5.41) is 9.00. The molecule has 0 unspecified atom stereocenters. The Morgan fingerprint density at radius 3 is 2.18 bits per heavy atom. The number of aliphatic hydroxyl groups is 1. The van der Waals surface area contributed by atoms with Crippen molar-refractivity contribution in [2.75, 3.05) is 6.61 Å². The second kappa shape index (κ2) is 5.01. The highest BCUT2D eigenvalue weighted by molar-refractivity contribution is 5.83. The molecule has 1 saturated carbocycles. The van der Waals surface area contributed by atoms with E-state index in [0.29, 0.717) is 12.8 Å². The molecule has 1 aliphatic rings. The molecule has 1 fully saturated rings. The van der Waals surface area contributed by atoms with Crippen LogP contribution in [0.15, 0.2) is 0 Å². The lowest BCUT2D eigenvalue weighted by Gasteiger charge is -2.39. The van der Waals surface area contributed by atoms with Gasteiger partial charge in [0.2, 0.25) is 5.92 Å². The predicted molar refractivity (Wildman–Crippen MR) is 61.9 cm³/mol. The second-order valence-corrected chi connectivity index (χ2v) is 6.16. The Labute approximate surface area is 101 Å². The maximum Gasteiger partial charge on any atom is 0.248 e.